The number of benzene rings is 1. The van der Waals surface area contributed by atoms with Crippen molar-refractivity contribution in [1.29, 1.82) is 0 Å². The number of halogens is 2. The number of nitrogen functional groups attached to an aromatic ring is 1. The number of hydrogen-bond donors (Lipinski definition) is 1. The van der Waals surface area contributed by atoms with Gasteiger partial charge in [0, 0.05) is 23.0 Å². The standard InChI is InChI=1S/C15H17ClFN3/c1-2-7-20-14(18)13(19-15(20)9-3-4-9)11-6-5-10(16)8-12(11)17/h5-6,8-9H,2-4,7,18H2,1H3. The van der Waals surface area contributed by atoms with Gasteiger partial charge in [-0.25, -0.2) is 9.37 Å². The molecule has 0 spiro atoms. The maximum Gasteiger partial charge on any atom is 0.134 e. The monoisotopic (exact) mass is 293 g/mol. The van der Waals surface area contributed by atoms with Crippen molar-refractivity contribution in [1.82, 2.24) is 9.55 Å². The number of aromatic nitrogens is 2. The maximum absolute atomic E-state index is 14.1. The molecule has 2 aromatic rings. The van der Waals surface area contributed by atoms with Crippen LogP contribution in [0.25, 0.3) is 11.3 Å². The molecule has 5 heteroatoms. The Morgan fingerprint density at radius 3 is 2.80 bits per heavy atom. The third-order valence-corrected chi connectivity index (χ3v) is 3.85. The van der Waals surface area contributed by atoms with E-state index in [1.54, 1.807) is 12.1 Å². The molecule has 1 saturated carbocycles. The first-order valence-corrected chi connectivity index (χ1v) is 7.31. The molecule has 0 atom stereocenters. The molecule has 0 radical (unpaired) electrons. The van der Waals surface area contributed by atoms with Gasteiger partial charge >= 0.3 is 0 Å². The van der Waals surface area contributed by atoms with E-state index in [1.165, 1.54) is 6.07 Å². The maximum atomic E-state index is 14.1. The summed E-state index contributed by atoms with van der Waals surface area (Å²) in [4.78, 5) is 4.61. The van der Waals surface area contributed by atoms with Gasteiger partial charge in [0.2, 0.25) is 0 Å². The summed E-state index contributed by atoms with van der Waals surface area (Å²) in [6, 6.07) is 4.60. The van der Waals surface area contributed by atoms with Crippen LogP contribution in [0.15, 0.2) is 18.2 Å². The first kappa shape index (κ1) is 13.4. The topological polar surface area (TPSA) is 43.8 Å². The van der Waals surface area contributed by atoms with Gasteiger partial charge in [-0.1, -0.05) is 18.5 Å². The molecule has 3 nitrogen and oxygen atoms in total. The quantitative estimate of drug-likeness (QED) is 0.917. The van der Waals surface area contributed by atoms with Crippen LogP contribution in [0.5, 0.6) is 0 Å². The van der Waals surface area contributed by atoms with Gasteiger partial charge in [0.1, 0.15) is 23.2 Å². The van der Waals surface area contributed by atoms with Crippen LogP contribution in [0.2, 0.25) is 5.02 Å². The Morgan fingerprint density at radius 2 is 2.20 bits per heavy atom. The molecule has 20 heavy (non-hydrogen) atoms. The Bertz CT molecular complexity index is 647. The lowest BCUT2D eigenvalue weighted by Gasteiger charge is -2.07. The molecule has 3 rings (SSSR count). The average Bonchev–Trinajstić information content (AvgIpc) is 3.19. The van der Waals surface area contributed by atoms with Crippen molar-refractivity contribution < 1.29 is 4.39 Å². The van der Waals surface area contributed by atoms with Crippen molar-refractivity contribution in [2.45, 2.75) is 38.6 Å². The highest BCUT2D eigenvalue weighted by atomic mass is 35.5. The van der Waals surface area contributed by atoms with E-state index in [-0.39, 0.29) is 5.82 Å². The van der Waals surface area contributed by atoms with Gasteiger partial charge in [-0.3, -0.25) is 0 Å². The van der Waals surface area contributed by atoms with Crippen molar-refractivity contribution in [3.8, 4) is 11.3 Å². The molecule has 0 aliphatic heterocycles. The van der Waals surface area contributed by atoms with Crippen LogP contribution in [0.1, 0.15) is 37.9 Å². The average molecular weight is 294 g/mol. The Labute approximate surface area is 122 Å². The van der Waals surface area contributed by atoms with E-state index in [0.717, 1.165) is 31.6 Å². The Balaban J connectivity index is 2.11. The van der Waals surface area contributed by atoms with E-state index < -0.39 is 0 Å². The van der Waals surface area contributed by atoms with Crippen LogP contribution in [-0.4, -0.2) is 9.55 Å². The van der Waals surface area contributed by atoms with Gasteiger partial charge < -0.3 is 10.3 Å². The minimum Gasteiger partial charge on any atom is -0.383 e. The van der Waals surface area contributed by atoms with E-state index >= 15 is 0 Å². The molecule has 1 fully saturated rings. The molecule has 0 bridgehead atoms. The van der Waals surface area contributed by atoms with Crippen LogP contribution in [0.4, 0.5) is 10.2 Å². The molecule has 1 aromatic heterocycles. The molecule has 1 aromatic carbocycles. The summed E-state index contributed by atoms with van der Waals surface area (Å²) in [5, 5.41) is 0.375. The lowest BCUT2D eigenvalue weighted by atomic mass is 10.1. The summed E-state index contributed by atoms with van der Waals surface area (Å²) in [6.07, 6.45) is 3.26. The van der Waals surface area contributed by atoms with E-state index in [2.05, 4.69) is 11.9 Å². The molecule has 1 heterocycles. The van der Waals surface area contributed by atoms with Gasteiger partial charge in [0.05, 0.1) is 0 Å². The molecular weight excluding hydrogens is 277 g/mol. The van der Waals surface area contributed by atoms with Gasteiger partial charge in [-0.15, -0.1) is 0 Å². The zero-order valence-electron chi connectivity index (χ0n) is 11.4. The normalized spacial score (nSPS) is 14.8. The van der Waals surface area contributed by atoms with E-state index in [0.29, 0.717) is 28.0 Å². The predicted molar refractivity (Wildman–Crippen MR) is 79.3 cm³/mol. The van der Waals surface area contributed by atoms with Crippen LogP contribution < -0.4 is 5.73 Å². The second-order valence-corrected chi connectivity index (χ2v) is 5.69. The highest BCUT2D eigenvalue weighted by molar-refractivity contribution is 6.30. The molecule has 1 aliphatic carbocycles. The zero-order chi connectivity index (χ0) is 14.3. The fourth-order valence-corrected chi connectivity index (χ4v) is 2.63. The number of hydrogen-bond acceptors (Lipinski definition) is 2. The first-order valence-electron chi connectivity index (χ1n) is 6.93. The SMILES string of the molecule is CCCn1c(C2CC2)nc(-c2ccc(Cl)cc2F)c1N. The smallest absolute Gasteiger partial charge is 0.134 e. The lowest BCUT2D eigenvalue weighted by molar-refractivity contribution is 0.631. The third-order valence-electron chi connectivity index (χ3n) is 3.61. The van der Waals surface area contributed by atoms with Gasteiger partial charge in [0.25, 0.3) is 0 Å². The fraction of sp³-hybridized carbons (Fsp3) is 0.400. The Kier molecular flexibility index (Phi) is 3.42. The molecule has 1 aliphatic rings. The second kappa shape index (κ2) is 5.09. The van der Waals surface area contributed by atoms with Crippen LogP contribution in [0, 0.1) is 5.82 Å². The fourth-order valence-electron chi connectivity index (χ4n) is 2.47. The highest BCUT2D eigenvalue weighted by Gasteiger charge is 2.31. The number of nitrogens with two attached hydrogens (primary N) is 1. The van der Waals surface area contributed by atoms with E-state index in [9.17, 15) is 4.39 Å². The van der Waals surface area contributed by atoms with Gasteiger partial charge in [-0.2, -0.15) is 0 Å². The molecular formula is C15H17ClFN3. The van der Waals surface area contributed by atoms with Crippen molar-refractivity contribution in [3.05, 3.63) is 34.9 Å². The number of imidazole rings is 1. The summed E-state index contributed by atoms with van der Waals surface area (Å²) in [6.45, 7) is 2.92. The summed E-state index contributed by atoms with van der Waals surface area (Å²) < 4.78 is 16.1. The summed E-state index contributed by atoms with van der Waals surface area (Å²) in [5.41, 5.74) is 7.15. The summed E-state index contributed by atoms with van der Waals surface area (Å²) in [7, 11) is 0. The second-order valence-electron chi connectivity index (χ2n) is 5.25. The summed E-state index contributed by atoms with van der Waals surface area (Å²) in [5.74, 6) is 1.64. The third kappa shape index (κ3) is 2.29. The van der Waals surface area contributed by atoms with Gasteiger partial charge in [0.15, 0.2) is 0 Å². The van der Waals surface area contributed by atoms with Crippen molar-refractivity contribution in [2.24, 2.45) is 0 Å². The predicted octanol–water partition coefficient (Wildman–Crippen LogP) is 4.21. The molecule has 0 saturated heterocycles. The number of nitrogens with zero attached hydrogens (tertiary/aromatic N) is 2. The number of rotatable bonds is 4. The van der Waals surface area contributed by atoms with Crippen molar-refractivity contribution in [3.63, 3.8) is 0 Å². The van der Waals surface area contributed by atoms with Crippen molar-refractivity contribution >= 4 is 17.4 Å². The Hall–Kier alpha value is -1.55. The van der Waals surface area contributed by atoms with E-state index in [4.69, 9.17) is 17.3 Å². The number of anilines is 1. The van der Waals surface area contributed by atoms with Crippen LogP contribution in [-0.2, 0) is 6.54 Å². The minimum absolute atomic E-state index is 0.375. The lowest BCUT2D eigenvalue weighted by Crippen LogP contribution is -2.06. The van der Waals surface area contributed by atoms with Crippen LogP contribution >= 0.6 is 11.6 Å². The van der Waals surface area contributed by atoms with E-state index in [1.807, 2.05) is 4.57 Å². The largest absolute Gasteiger partial charge is 0.383 e. The Morgan fingerprint density at radius 1 is 1.45 bits per heavy atom. The highest BCUT2D eigenvalue weighted by Crippen LogP contribution is 2.42. The van der Waals surface area contributed by atoms with Crippen molar-refractivity contribution in [2.75, 3.05) is 5.73 Å². The van der Waals surface area contributed by atoms with Crippen LogP contribution in [0.3, 0.4) is 0 Å². The van der Waals surface area contributed by atoms with Gasteiger partial charge in [-0.05, 0) is 37.5 Å². The molecule has 2 N–H and O–H groups in total. The zero-order valence-corrected chi connectivity index (χ0v) is 12.1. The minimum atomic E-state index is -0.382. The summed E-state index contributed by atoms with van der Waals surface area (Å²) >= 11 is 5.79. The molecule has 0 amide bonds. The first-order chi connectivity index (χ1) is 9.61. The molecule has 106 valence electrons. The molecule has 0 unspecified atom stereocenters.